The molecule has 0 N–H and O–H groups in total. The second kappa shape index (κ2) is 17.6. The maximum Gasteiger partial charge on any atom is 0 e. The van der Waals surface area contributed by atoms with Crippen molar-refractivity contribution in [2.45, 2.75) is 0 Å². The van der Waals surface area contributed by atoms with Gasteiger partial charge in [-0.15, -0.1) is 0 Å². The van der Waals surface area contributed by atoms with Crippen LogP contribution in [0.2, 0.25) is 0 Å². The largest absolute Gasteiger partial charge is 0 e. The summed E-state index contributed by atoms with van der Waals surface area (Å²) in [5.74, 6) is 0. The monoisotopic (exact) mass is 307 g/mol. The third-order valence-corrected chi connectivity index (χ3v) is 0. The van der Waals surface area contributed by atoms with E-state index in [0.717, 1.165) is 0 Å². The fourth-order valence-corrected chi connectivity index (χ4v) is 0. The first-order valence-electron chi connectivity index (χ1n) is 0. The molecule has 0 unspecified atom stereocenters. The molecule has 4 heavy (non-hydrogen) atoms. The minimum Gasteiger partial charge on any atom is 0 e. The topological polar surface area (TPSA) is 0 Å². The maximum absolute atomic E-state index is 0. The van der Waals surface area contributed by atoms with Gasteiger partial charge in [-0.3, -0.25) is 0 Å². The second-order valence-electron chi connectivity index (χ2n) is 0. The average molecular weight is 307 g/mol. The molecule has 0 saturated heterocycles. The van der Waals surface area contributed by atoms with Crippen LogP contribution in [-0.4, -0.2) is 17.4 Å². The quantitative estimate of drug-likeness (QED) is 0.535. The van der Waals surface area contributed by atoms with E-state index in [2.05, 4.69) is 0 Å². The van der Waals surface area contributed by atoms with E-state index < -0.39 is 0 Å². The number of hydrogen-bond acceptors (Lipinski definition) is 0. The van der Waals surface area contributed by atoms with Crippen molar-refractivity contribution in [3.8, 4) is 0 Å². The maximum atomic E-state index is 0. The van der Waals surface area contributed by atoms with Crippen molar-refractivity contribution >= 4 is 17.4 Å². The first kappa shape index (κ1) is 30.8. The molecule has 0 nitrogen and oxygen atoms in total. The van der Waals surface area contributed by atoms with Gasteiger partial charge in [-0.2, -0.15) is 0 Å². The molecule has 0 aromatic heterocycles. The second-order valence-corrected chi connectivity index (χ2v) is 0. The fourth-order valence-electron chi connectivity index (χ4n) is 0. The van der Waals surface area contributed by atoms with Gasteiger partial charge in [-0.25, -0.2) is 0 Å². The Hall–Kier alpha value is 2.57. The Morgan fingerprint density at radius 3 is 1.00 bits per heavy atom. The summed E-state index contributed by atoms with van der Waals surface area (Å²) in [5, 5.41) is 0. The first-order valence-corrected chi connectivity index (χ1v) is 0. The van der Waals surface area contributed by atoms with Gasteiger partial charge in [0, 0.05) is 80.0 Å². The van der Waals surface area contributed by atoms with Crippen molar-refractivity contribution < 1.29 is 62.7 Å². The van der Waals surface area contributed by atoms with Crippen LogP contribution in [0.3, 0.4) is 0 Å². The van der Waals surface area contributed by atoms with E-state index in [1.165, 1.54) is 0 Å². The van der Waals surface area contributed by atoms with Crippen LogP contribution in [0.5, 0.6) is 0 Å². The zero-order valence-electron chi connectivity index (χ0n) is 1.97. The van der Waals surface area contributed by atoms with Crippen molar-refractivity contribution in [3.05, 3.63) is 0 Å². The Labute approximate surface area is 78.9 Å². The van der Waals surface area contributed by atoms with E-state index in [0.29, 0.717) is 0 Å². The van der Waals surface area contributed by atoms with Crippen LogP contribution in [0.15, 0.2) is 0 Å². The van der Waals surface area contributed by atoms with Gasteiger partial charge in [0.1, 0.15) is 0 Å². The van der Waals surface area contributed by atoms with Gasteiger partial charge in [0.25, 0.3) is 0 Å². The SMILES string of the molecule is [Al].[Ta].[Ti].[V]. The zero-order valence-corrected chi connectivity index (χ0v) is 9.30. The predicted molar refractivity (Wildman–Crippen MR) is 5.75 cm³/mol. The summed E-state index contributed by atoms with van der Waals surface area (Å²) in [6, 6.07) is 0. The molecule has 0 aliphatic carbocycles. The van der Waals surface area contributed by atoms with Crippen LogP contribution in [0.25, 0.3) is 0 Å². The van der Waals surface area contributed by atoms with Gasteiger partial charge in [0.2, 0.25) is 0 Å². The van der Waals surface area contributed by atoms with Crippen LogP contribution in [-0.2, 0) is 62.7 Å². The molecule has 0 saturated carbocycles. The van der Waals surface area contributed by atoms with E-state index in [1.54, 1.807) is 0 Å². The van der Waals surface area contributed by atoms with Crippen LogP contribution in [0.1, 0.15) is 0 Å². The summed E-state index contributed by atoms with van der Waals surface area (Å²) >= 11 is 0. The van der Waals surface area contributed by atoms with Crippen LogP contribution in [0, 0.1) is 0 Å². The molecule has 5 radical (unpaired) electrons. The minimum absolute atomic E-state index is 0. The van der Waals surface area contributed by atoms with E-state index in [1.807, 2.05) is 0 Å². The van der Waals surface area contributed by atoms with E-state index in [9.17, 15) is 0 Å². The Kier molecular flexibility index (Phi) is 136. The summed E-state index contributed by atoms with van der Waals surface area (Å²) in [4.78, 5) is 0. The van der Waals surface area contributed by atoms with Gasteiger partial charge in [0.15, 0.2) is 0 Å². The molecule has 0 bridgehead atoms. The molecule has 0 amide bonds. The number of hydrogen-bond donors (Lipinski definition) is 0. The van der Waals surface area contributed by atoms with Crippen LogP contribution in [0.4, 0.5) is 0 Å². The molecule has 0 rings (SSSR count). The fraction of sp³-hybridized carbons (Fsp3) is 0. The molecule has 0 aromatic rings. The van der Waals surface area contributed by atoms with Gasteiger partial charge in [-0.05, 0) is 0 Å². The Morgan fingerprint density at radius 1 is 1.00 bits per heavy atom. The van der Waals surface area contributed by atoms with Gasteiger partial charge >= 0.3 is 0 Å². The van der Waals surface area contributed by atoms with Crippen molar-refractivity contribution in [1.82, 2.24) is 0 Å². The molecule has 0 spiro atoms. The summed E-state index contributed by atoms with van der Waals surface area (Å²) in [6.07, 6.45) is 0. The van der Waals surface area contributed by atoms with Crippen molar-refractivity contribution in [2.75, 3.05) is 0 Å². The number of rotatable bonds is 0. The Balaban J connectivity index is 0. The third kappa shape index (κ3) is 8.82. The van der Waals surface area contributed by atoms with E-state index in [4.69, 9.17) is 0 Å². The van der Waals surface area contributed by atoms with Gasteiger partial charge < -0.3 is 0 Å². The third-order valence-electron chi connectivity index (χ3n) is 0. The molecule has 17 valence electrons. The van der Waals surface area contributed by atoms with Crippen molar-refractivity contribution in [2.24, 2.45) is 0 Å². The molecule has 0 aromatic carbocycles. The van der Waals surface area contributed by atoms with Gasteiger partial charge in [-0.1, -0.05) is 0 Å². The van der Waals surface area contributed by atoms with Crippen molar-refractivity contribution in [1.29, 1.82) is 0 Å². The summed E-state index contributed by atoms with van der Waals surface area (Å²) in [7, 11) is 0. The Bertz CT molecular complexity index is 8.00. The normalized spacial score (nSPS) is 0. The predicted octanol–water partition coefficient (Wildman–Crippen LogP) is -0.388. The average Bonchev–Trinajstić information content (AvgIpc) is 0. The zero-order chi connectivity index (χ0) is 0. The minimum atomic E-state index is 0. The van der Waals surface area contributed by atoms with Crippen LogP contribution < -0.4 is 0 Å². The van der Waals surface area contributed by atoms with Crippen LogP contribution >= 0.6 is 0 Å². The molecule has 0 aliphatic heterocycles. The molecular formula is AlTaTiV. The molecule has 0 fully saturated rings. The van der Waals surface area contributed by atoms with Crippen molar-refractivity contribution in [3.63, 3.8) is 0 Å². The molecule has 4 heteroatoms. The molecule has 0 heterocycles. The first-order chi connectivity index (χ1) is 0. The molecule has 0 atom stereocenters. The summed E-state index contributed by atoms with van der Waals surface area (Å²) in [5.41, 5.74) is 0. The van der Waals surface area contributed by atoms with E-state index in [-0.39, 0.29) is 80.0 Å². The van der Waals surface area contributed by atoms with E-state index >= 15 is 0 Å². The molecular weight excluding hydrogens is 307 g/mol. The smallest absolute Gasteiger partial charge is 0 e. The standard InChI is InChI=1S/Al.Ta.Ti.V. The summed E-state index contributed by atoms with van der Waals surface area (Å²) < 4.78 is 0. The van der Waals surface area contributed by atoms with Gasteiger partial charge in [0.05, 0.1) is 0 Å². The summed E-state index contributed by atoms with van der Waals surface area (Å²) in [6.45, 7) is 0. The molecule has 0 aliphatic rings. The Morgan fingerprint density at radius 2 is 1.00 bits per heavy atom.